The van der Waals surface area contributed by atoms with Gasteiger partial charge in [0.15, 0.2) is 0 Å². The molecule has 0 bridgehead atoms. The van der Waals surface area contributed by atoms with Gasteiger partial charge >= 0.3 is 0 Å². The summed E-state index contributed by atoms with van der Waals surface area (Å²) < 4.78 is 26.0. The molecule has 0 atom stereocenters. The van der Waals surface area contributed by atoms with Crippen molar-refractivity contribution in [1.82, 2.24) is 0 Å². The summed E-state index contributed by atoms with van der Waals surface area (Å²) in [6.45, 7) is 0.0778. The summed E-state index contributed by atoms with van der Waals surface area (Å²) in [6, 6.07) is 21.6. The van der Waals surface area contributed by atoms with E-state index in [1.807, 2.05) is 24.3 Å². The van der Waals surface area contributed by atoms with Gasteiger partial charge in [0.05, 0.1) is 40.2 Å². The Morgan fingerprint density at radius 2 is 1.50 bits per heavy atom. The molecule has 142 valence electrons. The topological polar surface area (TPSA) is 61.2 Å². The SMILES string of the molecule is CS(=O)(=O)N(Cc1cccc(Cl)c1Cl)c1ccc(-c2ccc(C#N)cc2)cc1. The Morgan fingerprint density at radius 1 is 0.929 bits per heavy atom. The molecule has 4 nitrogen and oxygen atoms in total. The second-order valence-corrected chi connectivity index (χ2v) is 8.91. The molecule has 0 unspecified atom stereocenters. The van der Waals surface area contributed by atoms with E-state index in [0.29, 0.717) is 26.9 Å². The molecule has 0 radical (unpaired) electrons. The van der Waals surface area contributed by atoms with Crippen LogP contribution in [0.25, 0.3) is 11.1 Å². The van der Waals surface area contributed by atoms with Crippen LogP contribution in [0.15, 0.2) is 66.7 Å². The zero-order valence-electron chi connectivity index (χ0n) is 14.9. The maximum Gasteiger partial charge on any atom is 0.232 e. The Labute approximate surface area is 174 Å². The Morgan fingerprint density at radius 3 is 2.04 bits per heavy atom. The van der Waals surface area contributed by atoms with E-state index in [1.54, 1.807) is 42.5 Å². The lowest BCUT2D eigenvalue weighted by Crippen LogP contribution is -2.29. The van der Waals surface area contributed by atoms with Crippen molar-refractivity contribution in [1.29, 1.82) is 5.26 Å². The van der Waals surface area contributed by atoms with Crippen molar-refractivity contribution in [2.75, 3.05) is 10.6 Å². The van der Waals surface area contributed by atoms with Gasteiger partial charge in [0, 0.05) is 0 Å². The molecule has 7 heteroatoms. The fraction of sp³-hybridized carbons (Fsp3) is 0.0952. The third-order valence-corrected chi connectivity index (χ3v) is 6.25. The predicted molar refractivity (Wildman–Crippen MR) is 114 cm³/mol. The number of sulfonamides is 1. The summed E-state index contributed by atoms with van der Waals surface area (Å²) >= 11 is 12.3. The number of nitrogens with zero attached hydrogens (tertiary/aromatic N) is 2. The van der Waals surface area contributed by atoms with E-state index in [9.17, 15) is 8.42 Å². The van der Waals surface area contributed by atoms with Crippen molar-refractivity contribution in [3.8, 4) is 17.2 Å². The molecule has 28 heavy (non-hydrogen) atoms. The number of nitriles is 1. The monoisotopic (exact) mass is 430 g/mol. The molecule has 3 aromatic rings. The predicted octanol–water partition coefficient (Wildman–Crippen LogP) is 5.50. The van der Waals surface area contributed by atoms with Crippen molar-refractivity contribution < 1.29 is 8.42 Å². The number of hydrogen-bond donors (Lipinski definition) is 0. The Balaban J connectivity index is 1.93. The molecular weight excluding hydrogens is 415 g/mol. The van der Waals surface area contributed by atoms with E-state index in [4.69, 9.17) is 28.5 Å². The van der Waals surface area contributed by atoms with Gasteiger partial charge in [-0.1, -0.05) is 59.6 Å². The minimum absolute atomic E-state index is 0.0778. The Bertz CT molecular complexity index is 1140. The maximum atomic E-state index is 12.4. The molecule has 0 aromatic heterocycles. The molecule has 0 aliphatic rings. The second kappa shape index (κ2) is 8.24. The normalized spacial score (nSPS) is 11.1. The molecule has 0 amide bonds. The highest BCUT2D eigenvalue weighted by Gasteiger charge is 2.19. The zero-order chi connectivity index (χ0) is 20.3. The number of anilines is 1. The van der Waals surface area contributed by atoms with E-state index in [-0.39, 0.29) is 6.54 Å². The highest BCUT2D eigenvalue weighted by Crippen LogP contribution is 2.30. The summed E-state index contributed by atoms with van der Waals surface area (Å²) in [5, 5.41) is 9.62. The number of hydrogen-bond acceptors (Lipinski definition) is 3. The van der Waals surface area contributed by atoms with Crippen LogP contribution >= 0.6 is 23.2 Å². The van der Waals surface area contributed by atoms with E-state index in [0.717, 1.165) is 17.4 Å². The first-order valence-corrected chi connectivity index (χ1v) is 10.9. The van der Waals surface area contributed by atoms with Crippen LogP contribution in [0.2, 0.25) is 10.0 Å². The van der Waals surface area contributed by atoms with Crippen LogP contribution in [0.5, 0.6) is 0 Å². The number of rotatable bonds is 5. The third kappa shape index (κ3) is 4.48. The number of halogens is 2. The Hall–Kier alpha value is -2.52. The lowest BCUT2D eigenvalue weighted by Gasteiger charge is -2.23. The molecule has 0 spiro atoms. The summed E-state index contributed by atoms with van der Waals surface area (Å²) in [5.74, 6) is 0. The first-order valence-electron chi connectivity index (χ1n) is 8.31. The minimum atomic E-state index is -3.54. The lowest BCUT2D eigenvalue weighted by atomic mass is 10.0. The van der Waals surface area contributed by atoms with Crippen molar-refractivity contribution in [3.63, 3.8) is 0 Å². The minimum Gasteiger partial charge on any atom is -0.266 e. The van der Waals surface area contributed by atoms with Gasteiger partial charge < -0.3 is 0 Å². The van der Waals surface area contributed by atoms with Crippen LogP contribution in [-0.2, 0) is 16.6 Å². The fourth-order valence-electron chi connectivity index (χ4n) is 2.78. The van der Waals surface area contributed by atoms with Crippen LogP contribution in [0, 0.1) is 11.3 Å². The van der Waals surface area contributed by atoms with Crippen molar-refractivity contribution in [3.05, 3.63) is 87.9 Å². The first-order chi connectivity index (χ1) is 13.3. The third-order valence-electron chi connectivity index (χ3n) is 4.25. The molecule has 0 saturated heterocycles. The zero-order valence-corrected chi connectivity index (χ0v) is 17.3. The molecule has 3 rings (SSSR count). The molecule has 0 aliphatic carbocycles. The summed E-state index contributed by atoms with van der Waals surface area (Å²) in [7, 11) is -3.54. The van der Waals surface area contributed by atoms with E-state index in [2.05, 4.69) is 6.07 Å². The van der Waals surface area contributed by atoms with Gasteiger partial charge in [-0.25, -0.2) is 8.42 Å². The van der Waals surface area contributed by atoms with Gasteiger partial charge in [0.2, 0.25) is 10.0 Å². The van der Waals surface area contributed by atoms with Crippen LogP contribution < -0.4 is 4.31 Å². The van der Waals surface area contributed by atoms with Crippen molar-refractivity contribution >= 4 is 38.9 Å². The quantitative estimate of drug-likeness (QED) is 0.536. The van der Waals surface area contributed by atoms with E-state index in [1.165, 1.54) is 4.31 Å². The van der Waals surface area contributed by atoms with Crippen LogP contribution in [-0.4, -0.2) is 14.7 Å². The van der Waals surface area contributed by atoms with E-state index >= 15 is 0 Å². The molecule has 0 fully saturated rings. The largest absolute Gasteiger partial charge is 0.266 e. The first kappa shape index (κ1) is 20.2. The summed E-state index contributed by atoms with van der Waals surface area (Å²) in [5.41, 5.74) is 3.59. The van der Waals surface area contributed by atoms with Crippen molar-refractivity contribution in [2.45, 2.75) is 6.54 Å². The van der Waals surface area contributed by atoms with Gasteiger partial charge in [-0.15, -0.1) is 0 Å². The standard InChI is InChI=1S/C21H16Cl2N2O2S/c1-28(26,27)25(14-18-3-2-4-20(22)21(18)23)19-11-9-17(10-12-19)16-7-5-15(13-24)6-8-16/h2-12H,14H2,1H3. The van der Waals surface area contributed by atoms with Gasteiger partial charge in [-0.3, -0.25) is 4.31 Å². The lowest BCUT2D eigenvalue weighted by molar-refractivity contribution is 0.596. The average Bonchev–Trinajstić information content (AvgIpc) is 2.68. The summed E-state index contributed by atoms with van der Waals surface area (Å²) in [4.78, 5) is 0. The number of benzene rings is 3. The van der Waals surface area contributed by atoms with Gasteiger partial charge in [0.1, 0.15) is 0 Å². The van der Waals surface area contributed by atoms with Gasteiger partial charge in [-0.2, -0.15) is 5.26 Å². The molecule has 3 aromatic carbocycles. The Kier molecular flexibility index (Phi) is 5.95. The average molecular weight is 431 g/mol. The van der Waals surface area contributed by atoms with E-state index < -0.39 is 10.0 Å². The van der Waals surface area contributed by atoms with Gasteiger partial charge in [-0.05, 0) is 47.0 Å². The fourth-order valence-corrected chi connectivity index (χ4v) is 4.04. The maximum absolute atomic E-state index is 12.4. The highest BCUT2D eigenvalue weighted by molar-refractivity contribution is 7.92. The molecular formula is C21H16Cl2N2O2S. The molecule has 0 saturated carbocycles. The van der Waals surface area contributed by atoms with Crippen LogP contribution in [0.3, 0.4) is 0 Å². The summed E-state index contributed by atoms with van der Waals surface area (Å²) in [6.07, 6.45) is 1.15. The molecule has 0 N–H and O–H groups in total. The van der Waals surface area contributed by atoms with Gasteiger partial charge in [0.25, 0.3) is 0 Å². The molecule has 0 aliphatic heterocycles. The highest BCUT2D eigenvalue weighted by atomic mass is 35.5. The second-order valence-electron chi connectivity index (χ2n) is 6.22. The molecule has 0 heterocycles. The van der Waals surface area contributed by atoms with Crippen molar-refractivity contribution in [2.24, 2.45) is 0 Å². The smallest absolute Gasteiger partial charge is 0.232 e. The van der Waals surface area contributed by atoms with Crippen LogP contribution in [0.1, 0.15) is 11.1 Å². The van der Waals surface area contributed by atoms with Crippen LogP contribution in [0.4, 0.5) is 5.69 Å².